The number of likely N-dealkylation sites (tertiary alicyclic amines) is 1. The van der Waals surface area contributed by atoms with Gasteiger partial charge in [-0.15, -0.1) is 11.3 Å². The molecule has 0 saturated carbocycles. The van der Waals surface area contributed by atoms with Crippen molar-refractivity contribution < 1.29 is 28.7 Å². The molecule has 0 aliphatic carbocycles. The van der Waals surface area contributed by atoms with Crippen LogP contribution in [0.4, 0.5) is 26.7 Å². The third kappa shape index (κ3) is 7.67. The quantitative estimate of drug-likeness (QED) is 0.166. The molecule has 254 valence electrons. The van der Waals surface area contributed by atoms with E-state index in [0.29, 0.717) is 63.2 Å². The summed E-state index contributed by atoms with van der Waals surface area (Å²) in [7, 11) is 0. The van der Waals surface area contributed by atoms with Crippen molar-refractivity contribution in [1.82, 2.24) is 20.5 Å². The highest BCUT2D eigenvalue weighted by Gasteiger charge is 2.34. The standard InChI is InChI=1S/C36H38N6O6S/c1-22-19-25(48-24-9-6-5-7-10-24)12-13-26(22)42-27-14-17-37-33-29(27)30(40-34(42)45)31(49-33)32(44)39-23-15-18-41(20-23)28(43)11-8-16-38-35(46)47-21-36(2,3)4/h5-14,17,19,23H,15-16,18,20-21H2,1-4H3,(H,38,46)(H,39,44)(H,40,45)/b11-8+/t23-/m1/s1. The van der Waals surface area contributed by atoms with Crippen LogP contribution in [-0.2, 0) is 9.53 Å². The monoisotopic (exact) mass is 682 g/mol. The number of thiophene rings is 1. The lowest BCUT2D eigenvalue weighted by Gasteiger charge is -2.29. The van der Waals surface area contributed by atoms with E-state index in [1.54, 1.807) is 28.1 Å². The van der Waals surface area contributed by atoms with Gasteiger partial charge in [0, 0.05) is 37.9 Å². The summed E-state index contributed by atoms with van der Waals surface area (Å²) in [6.45, 7) is 9.06. The van der Waals surface area contributed by atoms with Gasteiger partial charge >= 0.3 is 12.1 Å². The molecule has 0 spiro atoms. The van der Waals surface area contributed by atoms with E-state index in [9.17, 15) is 19.2 Å². The number of carbonyl (C=O) groups is 4. The van der Waals surface area contributed by atoms with Gasteiger partial charge < -0.3 is 30.3 Å². The number of hydrogen-bond acceptors (Lipinski definition) is 8. The van der Waals surface area contributed by atoms with Crippen molar-refractivity contribution in [3.05, 3.63) is 83.4 Å². The Morgan fingerprint density at radius 1 is 1.08 bits per heavy atom. The molecule has 12 nitrogen and oxygen atoms in total. The molecule has 2 aliphatic heterocycles. The van der Waals surface area contributed by atoms with E-state index in [1.807, 2.05) is 76.2 Å². The number of alkyl carbamates (subject to hydrolysis) is 1. The highest BCUT2D eigenvalue weighted by atomic mass is 32.1. The lowest BCUT2D eigenvalue weighted by Crippen LogP contribution is -2.39. The number of ether oxygens (including phenoxy) is 2. The van der Waals surface area contributed by atoms with Crippen LogP contribution in [0.1, 0.15) is 42.4 Å². The number of amides is 5. The van der Waals surface area contributed by atoms with Crippen LogP contribution in [0.5, 0.6) is 11.5 Å². The lowest BCUT2D eigenvalue weighted by molar-refractivity contribution is -0.125. The van der Waals surface area contributed by atoms with Gasteiger partial charge in [0.15, 0.2) is 0 Å². The van der Waals surface area contributed by atoms with E-state index < -0.39 is 12.1 Å². The van der Waals surface area contributed by atoms with Crippen molar-refractivity contribution in [2.75, 3.05) is 36.5 Å². The molecule has 13 heteroatoms. The Morgan fingerprint density at radius 3 is 2.63 bits per heavy atom. The summed E-state index contributed by atoms with van der Waals surface area (Å²) < 4.78 is 11.1. The van der Waals surface area contributed by atoms with Gasteiger partial charge in [-0.3, -0.25) is 14.5 Å². The summed E-state index contributed by atoms with van der Waals surface area (Å²) in [4.78, 5) is 60.5. The van der Waals surface area contributed by atoms with Gasteiger partial charge in [0.2, 0.25) is 5.91 Å². The summed E-state index contributed by atoms with van der Waals surface area (Å²) in [5, 5.41) is 9.26. The highest BCUT2D eigenvalue weighted by molar-refractivity contribution is 7.21. The van der Waals surface area contributed by atoms with Gasteiger partial charge in [0.1, 0.15) is 21.2 Å². The molecule has 49 heavy (non-hydrogen) atoms. The summed E-state index contributed by atoms with van der Waals surface area (Å²) >= 11 is 1.21. The van der Waals surface area contributed by atoms with Crippen LogP contribution in [0, 0.1) is 12.3 Å². The van der Waals surface area contributed by atoms with Crippen LogP contribution in [0.25, 0.3) is 10.2 Å². The zero-order chi connectivity index (χ0) is 34.7. The number of urea groups is 1. The van der Waals surface area contributed by atoms with Crippen LogP contribution < -0.4 is 25.6 Å². The molecule has 1 fully saturated rings. The molecule has 2 aliphatic rings. The number of pyridine rings is 1. The van der Waals surface area contributed by atoms with E-state index in [0.717, 1.165) is 5.56 Å². The van der Waals surface area contributed by atoms with Gasteiger partial charge in [0.05, 0.1) is 29.1 Å². The van der Waals surface area contributed by atoms with E-state index in [-0.39, 0.29) is 36.4 Å². The molecule has 0 radical (unpaired) electrons. The van der Waals surface area contributed by atoms with Crippen LogP contribution in [0.15, 0.2) is 72.9 Å². The van der Waals surface area contributed by atoms with Gasteiger partial charge in [-0.05, 0) is 60.7 Å². The minimum Gasteiger partial charge on any atom is -0.457 e. The second kappa shape index (κ2) is 14.0. The number of nitrogens with zero attached hydrogens (tertiary/aromatic N) is 3. The van der Waals surface area contributed by atoms with E-state index in [2.05, 4.69) is 20.9 Å². The Labute approximate surface area is 288 Å². The van der Waals surface area contributed by atoms with E-state index in [4.69, 9.17) is 9.47 Å². The van der Waals surface area contributed by atoms with Crippen LogP contribution >= 0.6 is 11.3 Å². The molecule has 5 amide bonds. The zero-order valence-corrected chi connectivity index (χ0v) is 28.6. The number of aromatic nitrogens is 1. The molecule has 0 bridgehead atoms. The fourth-order valence-corrected chi connectivity index (χ4v) is 6.64. The van der Waals surface area contributed by atoms with E-state index in [1.165, 1.54) is 17.4 Å². The number of carbonyl (C=O) groups excluding carboxylic acids is 4. The minimum atomic E-state index is -0.541. The van der Waals surface area contributed by atoms with Crippen molar-refractivity contribution >= 4 is 62.6 Å². The molecule has 6 rings (SSSR count). The van der Waals surface area contributed by atoms with Crippen molar-refractivity contribution in [3.8, 4) is 11.5 Å². The minimum absolute atomic E-state index is 0.139. The molecule has 1 saturated heterocycles. The summed E-state index contributed by atoms with van der Waals surface area (Å²) in [6, 6.07) is 16.1. The topological polar surface area (TPSA) is 142 Å². The van der Waals surface area contributed by atoms with Crippen LogP contribution in [0.3, 0.4) is 0 Å². The second-order valence-electron chi connectivity index (χ2n) is 13.1. The Bertz CT molecular complexity index is 1940. The average molecular weight is 683 g/mol. The van der Waals surface area contributed by atoms with Gasteiger partial charge in [-0.25, -0.2) is 14.6 Å². The Balaban J connectivity index is 1.10. The SMILES string of the molecule is Cc1cc(Oc2ccccc2)ccc1N1C(=O)Nc2c(C(=O)N[C@@H]3CCN(C(=O)/C=C/CNC(=O)OCC(C)(C)C)C3)sc3nccc1c23. The molecular weight excluding hydrogens is 644 g/mol. The molecular formula is C36H38N6O6S. The third-order valence-corrected chi connectivity index (χ3v) is 9.03. The number of rotatable bonds is 9. The maximum absolute atomic E-state index is 13.6. The maximum Gasteiger partial charge on any atom is 0.407 e. The smallest absolute Gasteiger partial charge is 0.407 e. The predicted molar refractivity (Wildman–Crippen MR) is 189 cm³/mol. The summed E-state index contributed by atoms with van der Waals surface area (Å²) in [5.74, 6) is 0.802. The van der Waals surface area contributed by atoms with Crippen LogP contribution in [-0.4, -0.2) is 66.1 Å². The van der Waals surface area contributed by atoms with Gasteiger partial charge in [0.25, 0.3) is 5.91 Å². The fraction of sp³-hybridized carbons (Fsp3) is 0.306. The van der Waals surface area contributed by atoms with Gasteiger partial charge in [-0.1, -0.05) is 45.0 Å². The first-order chi connectivity index (χ1) is 23.5. The number of para-hydroxylation sites is 1. The number of aryl methyl sites for hydroxylation is 1. The second-order valence-corrected chi connectivity index (χ2v) is 14.1. The molecule has 4 heterocycles. The number of nitrogens with one attached hydrogen (secondary N) is 3. The third-order valence-electron chi connectivity index (χ3n) is 7.94. The first kappa shape index (κ1) is 33.5. The fourth-order valence-electron chi connectivity index (χ4n) is 5.62. The normalized spacial score (nSPS) is 15.8. The Kier molecular flexibility index (Phi) is 9.54. The molecule has 1 atom stereocenters. The van der Waals surface area contributed by atoms with Crippen molar-refractivity contribution in [1.29, 1.82) is 0 Å². The Hall–Kier alpha value is -5.43. The summed E-state index contributed by atoms with van der Waals surface area (Å²) in [6.07, 6.45) is 4.65. The maximum atomic E-state index is 13.6. The molecule has 0 unspecified atom stereocenters. The summed E-state index contributed by atoms with van der Waals surface area (Å²) in [5.41, 5.74) is 2.41. The largest absolute Gasteiger partial charge is 0.457 e. The lowest BCUT2D eigenvalue weighted by atomic mass is 9.99. The highest BCUT2D eigenvalue weighted by Crippen LogP contribution is 2.46. The first-order valence-electron chi connectivity index (χ1n) is 16.0. The van der Waals surface area contributed by atoms with Crippen molar-refractivity contribution in [2.45, 2.75) is 40.2 Å². The molecule has 2 aromatic heterocycles. The van der Waals surface area contributed by atoms with Gasteiger partial charge in [-0.2, -0.15) is 0 Å². The number of anilines is 3. The zero-order valence-electron chi connectivity index (χ0n) is 27.7. The number of benzene rings is 2. The average Bonchev–Trinajstić information content (AvgIpc) is 3.68. The van der Waals surface area contributed by atoms with E-state index >= 15 is 0 Å². The number of hydrogen-bond donors (Lipinski definition) is 3. The first-order valence-corrected chi connectivity index (χ1v) is 16.8. The molecule has 3 N–H and O–H groups in total. The van der Waals surface area contributed by atoms with Crippen molar-refractivity contribution in [3.63, 3.8) is 0 Å². The van der Waals surface area contributed by atoms with Crippen LogP contribution in [0.2, 0.25) is 0 Å². The Morgan fingerprint density at radius 2 is 1.88 bits per heavy atom. The molecule has 4 aromatic rings. The predicted octanol–water partition coefficient (Wildman–Crippen LogP) is 6.74. The molecule has 2 aromatic carbocycles. The van der Waals surface area contributed by atoms with Crippen molar-refractivity contribution in [2.24, 2.45) is 5.41 Å².